The number of nitrogens with zero attached hydrogens (tertiary/aromatic N) is 1. The molecule has 3 nitrogen and oxygen atoms in total. The van der Waals surface area contributed by atoms with E-state index in [0.717, 1.165) is 7.11 Å². The van der Waals surface area contributed by atoms with E-state index < -0.39 is 0 Å². The Balaban J connectivity index is 0. The minimum Gasteiger partial charge on any atom is -0.400 e. The Kier molecular flexibility index (Phi) is 13.0. The van der Waals surface area contributed by atoms with Gasteiger partial charge in [0.25, 0.3) is 0 Å². The first-order valence-corrected chi connectivity index (χ1v) is 6.41. The third kappa shape index (κ3) is 7.20. The van der Waals surface area contributed by atoms with Gasteiger partial charge in [0.1, 0.15) is 0 Å². The van der Waals surface area contributed by atoms with Crippen LogP contribution in [0.5, 0.6) is 0 Å². The zero-order valence-electron chi connectivity index (χ0n) is 12.2. The summed E-state index contributed by atoms with van der Waals surface area (Å²) < 4.78 is 5.76. The average molecular weight is 233 g/mol. The van der Waals surface area contributed by atoms with Crippen LogP contribution in [0.2, 0.25) is 0 Å². The number of likely N-dealkylation sites (tertiary alicyclic amines) is 1. The smallest absolute Gasteiger partial charge is 0.0705 e. The van der Waals surface area contributed by atoms with Gasteiger partial charge in [0, 0.05) is 13.2 Å². The fourth-order valence-electron chi connectivity index (χ4n) is 2.05. The van der Waals surface area contributed by atoms with Crippen LogP contribution in [0.3, 0.4) is 0 Å². The van der Waals surface area contributed by atoms with Crippen molar-refractivity contribution in [3.63, 3.8) is 0 Å². The van der Waals surface area contributed by atoms with E-state index >= 15 is 0 Å². The highest BCUT2D eigenvalue weighted by Crippen LogP contribution is 2.20. The molecule has 0 saturated carbocycles. The highest BCUT2D eigenvalue weighted by Gasteiger charge is 2.27. The number of aliphatic hydroxyl groups excluding tert-OH is 1. The van der Waals surface area contributed by atoms with Crippen molar-refractivity contribution in [2.45, 2.75) is 65.7 Å². The molecule has 0 aliphatic carbocycles. The summed E-state index contributed by atoms with van der Waals surface area (Å²) in [6.45, 7) is 11.6. The number of hydrogen-bond acceptors (Lipinski definition) is 3. The molecule has 1 N–H and O–H groups in total. The minimum atomic E-state index is 0.356. The van der Waals surface area contributed by atoms with Gasteiger partial charge >= 0.3 is 0 Å². The van der Waals surface area contributed by atoms with Crippen molar-refractivity contribution in [2.24, 2.45) is 0 Å². The van der Waals surface area contributed by atoms with Crippen LogP contribution in [0, 0.1) is 0 Å². The fourth-order valence-corrected chi connectivity index (χ4v) is 2.05. The van der Waals surface area contributed by atoms with Crippen LogP contribution in [0.1, 0.15) is 47.5 Å². The van der Waals surface area contributed by atoms with Gasteiger partial charge in [-0.05, 0) is 47.2 Å². The molecule has 0 amide bonds. The molecule has 0 radical (unpaired) electrons. The lowest BCUT2D eigenvalue weighted by atomic mass is 10.1. The number of aliphatic hydroxyl groups is 1. The lowest BCUT2D eigenvalue weighted by molar-refractivity contribution is -0.0201. The monoisotopic (exact) mass is 233 g/mol. The van der Waals surface area contributed by atoms with Gasteiger partial charge < -0.3 is 14.7 Å². The van der Waals surface area contributed by atoms with Gasteiger partial charge in [0.15, 0.2) is 0 Å². The number of likely N-dealkylation sites (N-methyl/N-ethyl adjacent to an activating group) is 1. The van der Waals surface area contributed by atoms with E-state index in [0.29, 0.717) is 18.2 Å². The van der Waals surface area contributed by atoms with Crippen LogP contribution in [-0.2, 0) is 4.74 Å². The Labute approximate surface area is 102 Å². The molecule has 1 heterocycles. The number of hydrogen-bond donors (Lipinski definition) is 1. The van der Waals surface area contributed by atoms with Gasteiger partial charge in [-0.3, -0.25) is 0 Å². The first-order valence-electron chi connectivity index (χ1n) is 6.41. The summed E-state index contributed by atoms with van der Waals surface area (Å²) >= 11 is 0. The van der Waals surface area contributed by atoms with Crippen LogP contribution in [0.4, 0.5) is 0 Å². The molecule has 3 heteroatoms. The average Bonchev–Trinajstić information content (AvgIpc) is 2.69. The molecule has 1 unspecified atom stereocenters. The van der Waals surface area contributed by atoms with Gasteiger partial charge in [-0.1, -0.05) is 13.8 Å². The quantitative estimate of drug-likeness (QED) is 0.813. The maximum absolute atomic E-state index is 7.00. The Hall–Kier alpha value is -0.120. The third-order valence-corrected chi connectivity index (χ3v) is 2.61. The van der Waals surface area contributed by atoms with Crippen LogP contribution in [0.15, 0.2) is 0 Å². The Morgan fingerprint density at radius 1 is 1.19 bits per heavy atom. The van der Waals surface area contributed by atoms with Crippen LogP contribution in [0.25, 0.3) is 0 Å². The second-order valence-electron chi connectivity index (χ2n) is 4.08. The molecular formula is C13H31NO2. The van der Waals surface area contributed by atoms with E-state index in [2.05, 4.69) is 32.7 Å². The maximum atomic E-state index is 7.00. The zero-order valence-corrected chi connectivity index (χ0v) is 12.2. The van der Waals surface area contributed by atoms with Crippen molar-refractivity contribution < 1.29 is 9.84 Å². The second-order valence-corrected chi connectivity index (χ2v) is 4.08. The Bertz CT molecular complexity index is 140. The summed E-state index contributed by atoms with van der Waals surface area (Å²) in [5, 5.41) is 7.00. The highest BCUT2D eigenvalue weighted by molar-refractivity contribution is 4.81. The minimum absolute atomic E-state index is 0.356. The van der Waals surface area contributed by atoms with Crippen molar-refractivity contribution in [1.82, 2.24) is 4.90 Å². The van der Waals surface area contributed by atoms with Crippen molar-refractivity contribution >= 4 is 0 Å². The summed E-state index contributed by atoms with van der Waals surface area (Å²) in [5.41, 5.74) is 0. The first kappa shape index (κ1) is 18.3. The van der Waals surface area contributed by atoms with E-state index in [-0.39, 0.29) is 0 Å². The largest absolute Gasteiger partial charge is 0.400 e. The van der Waals surface area contributed by atoms with Gasteiger partial charge in [-0.2, -0.15) is 0 Å². The predicted octanol–water partition coefficient (Wildman–Crippen LogP) is 2.53. The van der Waals surface area contributed by atoms with Gasteiger partial charge in [-0.25, -0.2) is 0 Å². The maximum Gasteiger partial charge on any atom is 0.0705 e. The molecule has 0 spiro atoms. The van der Waals surface area contributed by atoms with Crippen molar-refractivity contribution in [1.29, 1.82) is 0 Å². The van der Waals surface area contributed by atoms with E-state index in [4.69, 9.17) is 9.84 Å². The summed E-state index contributed by atoms with van der Waals surface area (Å²) in [5.74, 6) is 0. The van der Waals surface area contributed by atoms with Crippen molar-refractivity contribution in [3.8, 4) is 0 Å². The topological polar surface area (TPSA) is 32.7 Å². The molecule has 1 aliphatic rings. The lowest BCUT2D eigenvalue weighted by Crippen LogP contribution is -2.37. The van der Waals surface area contributed by atoms with Gasteiger partial charge in [0.05, 0.1) is 12.2 Å². The molecule has 1 fully saturated rings. The molecule has 1 saturated heterocycles. The van der Waals surface area contributed by atoms with Gasteiger partial charge in [-0.15, -0.1) is 0 Å². The van der Waals surface area contributed by atoms with E-state index in [1.165, 1.54) is 19.4 Å². The number of rotatable bonds is 3. The molecule has 0 aromatic carbocycles. The highest BCUT2D eigenvalue weighted by atomic mass is 16.5. The zero-order chi connectivity index (χ0) is 13.1. The Morgan fingerprint density at radius 2 is 1.69 bits per heavy atom. The molecule has 2 atom stereocenters. The van der Waals surface area contributed by atoms with E-state index in [1.54, 1.807) is 0 Å². The summed E-state index contributed by atoms with van der Waals surface area (Å²) in [4.78, 5) is 2.41. The SMILES string of the molecule is CC.CC(C)O[C@@H](C)C1CCCN1C.CO. The molecule has 16 heavy (non-hydrogen) atoms. The molecule has 0 bridgehead atoms. The number of ether oxygens (including phenoxy) is 1. The van der Waals surface area contributed by atoms with Crippen molar-refractivity contribution in [3.05, 3.63) is 0 Å². The fraction of sp³-hybridized carbons (Fsp3) is 1.00. The van der Waals surface area contributed by atoms with Crippen LogP contribution >= 0.6 is 0 Å². The summed E-state index contributed by atoms with van der Waals surface area (Å²) in [7, 11) is 3.19. The van der Waals surface area contributed by atoms with Crippen LogP contribution in [-0.4, -0.2) is 49.0 Å². The Morgan fingerprint density at radius 3 is 2.00 bits per heavy atom. The van der Waals surface area contributed by atoms with Crippen LogP contribution < -0.4 is 0 Å². The third-order valence-electron chi connectivity index (χ3n) is 2.61. The van der Waals surface area contributed by atoms with E-state index in [1.807, 2.05) is 13.8 Å². The van der Waals surface area contributed by atoms with E-state index in [9.17, 15) is 0 Å². The summed E-state index contributed by atoms with van der Waals surface area (Å²) in [6.07, 6.45) is 3.36. The first-order chi connectivity index (χ1) is 7.61. The molecule has 0 aromatic heterocycles. The second kappa shape index (κ2) is 11.4. The normalized spacial score (nSPS) is 21.9. The molecule has 1 aliphatic heterocycles. The lowest BCUT2D eigenvalue weighted by Gasteiger charge is -2.27. The van der Waals surface area contributed by atoms with Gasteiger partial charge in [0.2, 0.25) is 0 Å². The molecular weight excluding hydrogens is 202 g/mol. The van der Waals surface area contributed by atoms with Crippen molar-refractivity contribution in [2.75, 3.05) is 20.7 Å². The molecule has 0 aromatic rings. The standard InChI is InChI=1S/C10H21NO.C2H6.CH4O/c1-8(2)12-9(3)10-6-5-7-11(10)4;2*1-2/h8-10H,5-7H2,1-4H3;1-2H3;2H,1H3/t9-,10?;;/m0../s1. The molecule has 100 valence electrons. The summed E-state index contributed by atoms with van der Waals surface area (Å²) in [6, 6.07) is 0.646. The molecule has 1 rings (SSSR count). The predicted molar refractivity (Wildman–Crippen MR) is 70.8 cm³/mol.